The summed E-state index contributed by atoms with van der Waals surface area (Å²) < 4.78 is 11.1. The van der Waals surface area contributed by atoms with E-state index in [0.717, 1.165) is 64.5 Å². The number of amides is 1. The monoisotopic (exact) mass is 378 g/mol. The van der Waals surface area contributed by atoms with Crippen molar-refractivity contribution >= 4 is 12.0 Å². The van der Waals surface area contributed by atoms with Crippen molar-refractivity contribution in [2.24, 2.45) is 0 Å². The van der Waals surface area contributed by atoms with Gasteiger partial charge in [-0.15, -0.1) is 0 Å². The molecule has 0 N–H and O–H groups in total. The van der Waals surface area contributed by atoms with Crippen LogP contribution in [0.25, 0.3) is 6.08 Å². The second-order valence-electron chi connectivity index (χ2n) is 8.06. The van der Waals surface area contributed by atoms with Gasteiger partial charge in [-0.25, -0.2) is 0 Å². The van der Waals surface area contributed by atoms with Gasteiger partial charge < -0.3 is 14.1 Å². The lowest BCUT2D eigenvalue weighted by Gasteiger charge is -2.39. The number of benzene rings is 1. The van der Waals surface area contributed by atoms with E-state index in [0.29, 0.717) is 5.56 Å². The standard InChI is InChI=1S/C23H26N2O3/c26-22(19-15-20(28-17-19)16-24-11-13-27-14-12-24)25-9-7-23(8-10-25)6-5-18-3-1-2-4-21(18)23/h1-6,15,17H,7-14,16H2. The minimum Gasteiger partial charge on any atom is -0.467 e. The number of hydrogen-bond acceptors (Lipinski definition) is 4. The van der Waals surface area contributed by atoms with Crippen LogP contribution in [0.2, 0.25) is 0 Å². The molecule has 3 aliphatic rings. The fourth-order valence-corrected chi connectivity index (χ4v) is 4.72. The number of carbonyl (C=O) groups is 1. The molecule has 2 fully saturated rings. The first-order valence-corrected chi connectivity index (χ1v) is 10.2. The Kier molecular flexibility index (Phi) is 4.57. The van der Waals surface area contributed by atoms with Crippen LogP contribution in [0.15, 0.2) is 47.1 Å². The third kappa shape index (κ3) is 3.19. The summed E-state index contributed by atoms with van der Waals surface area (Å²) >= 11 is 0. The van der Waals surface area contributed by atoms with Crippen LogP contribution in [0.5, 0.6) is 0 Å². The van der Waals surface area contributed by atoms with Gasteiger partial charge in [0.25, 0.3) is 5.91 Å². The number of ether oxygens (including phenoxy) is 1. The molecule has 2 aromatic rings. The molecule has 1 aromatic heterocycles. The van der Waals surface area contributed by atoms with Crippen LogP contribution in [0.4, 0.5) is 0 Å². The molecule has 5 nitrogen and oxygen atoms in total. The number of fused-ring (bicyclic) bond motifs is 2. The first-order chi connectivity index (χ1) is 13.7. The van der Waals surface area contributed by atoms with E-state index in [2.05, 4.69) is 41.3 Å². The third-order valence-electron chi connectivity index (χ3n) is 6.41. The highest BCUT2D eigenvalue weighted by atomic mass is 16.5. The molecule has 2 saturated heterocycles. The van der Waals surface area contributed by atoms with E-state index >= 15 is 0 Å². The van der Waals surface area contributed by atoms with Gasteiger partial charge in [0.15, 0.2) is 0 Å². The summed E-state index contributed by atoms with van der Waals surface area (Å²) in [6, 6.07) is 10.5. The maximum Gasteiger partial charge on any atom is 0.257 e. The Balaban J connectivity index is 1.23. The highest BCUT2D eigenvalue weighted by Gasteiger charge is 2.39. The number of furan rings is 1. The SMILES string of the molecule is O=C(c1coc(CN2CCOCC2)c1)N1CCC2(C=Cc3ccccc32)CC1. The van der Waals surface area contributed by atoms with Crippen molar-refractivity contribution in [1.29, 1.82) is 0 Å². The molecule has 0 bridgehead atoms. The number of carbonyl (C=O) groups excluding carboxylic acids is 1. The van der Waals surface area contributed by atoms with Crippen LogP contribution in [0.1, 0.15) is 40.1 Å². The molecule has 0 saturated carbocycles. The van der Waals surface area contributed by atoms with Gasteiger partial charge in [0.05, 0.1) is 25.3 Å². The minimum absolute atomic E-state index is 0.0853. The average molecular weight is 378 g/mol. The zero-order valence-electron chi connectivity index (χ0n) is 16.1. The van der Waals surface area contributed by atoms with Crippen LogP contribution in [0, 0.1) is 0 Å². The Morgan fingerprint density at radius 2 is 1.86 bits per heavy atom. The van der Waals surface area contributed by atoms with E-state index in [9.17, 15) is 4.79 Å². The number of nitrogens with zero attached hydrogens (tertiary/aromatic N) is 2. The molecule has 2 aliphatic heterocycles. The smallest absolute Gasteiger partial charge is 0.257 e. The zero-order valence-corrected chi connectivity index (χ0v) is 16.1. The predicted octanol–water partition coefficient (Wildman–Crippen LogP) is 3.31. The summed E-state index contributed by atoms with van der Waals surface area (Å²) in [5.74, 6) is 0.938. The summed E-state index contributed by atoms with van der Waals surface area (Å²) in [5, 5.41) is 0. The fourth-order valence-electron chi connectivity index (χ4n) is 4.72. The van der Waals surface area contributed by atoms with Crippen LogP contribution in [-0.4, -0.2) is 55.1 Å². The van der Waals surface area contributed by atoms with Crippen molar-refractivity contribution in [3.8, 4) is 0 Å². The first kappa shape index (κ1) is 17.7. The molecular formula is C23H26N2O3. The molecular weight excluding hydrogens is 352 g/mol. The second-order valence-corrected chi connectivity index (χ2v) is 8.06. The summed E-state index contributed by atoms with van der Waals surface area (Å²) in [7, 11) is 0. The number of rotatable bonds is 3. The largest absolute Gasteiger partial charge is 0.467 e. The summed E-state index contributed by atoms with van der Waals surface area (Å²) in [5.41, 5.74) is 3.51. The maximum atomic E-state index is 13.0. The molecule has 0 atom stereocenters. The zero-order chi connectivity index (χ0) is 19.0. The normalized spacial score (nSPS) is 21.2. The fraction of sp³-hybridized carbons (Fsp3) is 0.435. The van der Waals surface area contributed by atoms with Gasteiger partial charge in [-0.1, -0.05) is 36.4 Å². The van der Waals surface area contributed by atoms with E-state index in [1.165, 1.54) is 11.1 Å². The predicted molar refractivity (Wildman–Crippen MR) is 107 cm³/mol. The van der Waals surface area contributed by atoms with Crippen molar-refractivity contribution < 1.29 is 13.9 Å². The molecule has 0 unspecified atom stereocenters. The third-order valence-corrected chi connectivity index (χ3v) is 6.41. The highest BCUT2D eigenvalue weighted by Crippen LogP contribution is 2.43. The number of allylic oxidation sites excluding steroid dienone is 1. The second kappa shape index (κ2) is 7.22. The Morgan fingerprint density at radius 1 is 1.07 bits per heavy atom. The molecule has 28 heavy (non-hydrogen) atoms. The first-order valence-electron chi connectivity index (χ1n) is 10.2. The van der Waals surface area contributed by atoms with Gasteiger partial charge in [0.1, 0.15) is 12.0 Å². The van der Waals surface area contributed by atoms with E-state index in [1.807, 2.05) is 11.0 Å². The lowest BCUT2D eigenvalue weighted by molar-refractivity contribution is 0.0313. The molecule has 1 amide bonds. The van der Waals surface area contributed by atoms with Crippen molar-refractivity contribution in [2.75, 3.05) is 39.4 Å². The van der Waals surface area contributed by atoms with E-state index in [1.54, 1.807) is 6.26 Å². The van der Waals surface area contributed by atoms with Crippen molar-refractivity contribution in [2.45, 2.75) is 24.8 Å². The number of hydrogen-bond donors (Lipinski definition) is 0. The van der Waals surface area contributed by atoms with E-state index in [-0.39, 0.29) is 11.3 Å². The van der Waals surface area contributed by atoms with Gasteiger partial charge in [-0.05, 0) is 30.0 Å². The minimum atomic E-state index is 0.0853. The molecule has 5 rings (SSSR count). The summed E-state index contributed by atoms with van der Waals surface area (Å²) in [4.78, 5) is 17.2. The Morgan fingerprint density at radius 3 is 2.68 bits per heavy atom. The van der Waals surface area contributed by atoms with Gasteiger partial charge in [0, 0.05) is 31.6 Å². The van der Waals surface area contributed by atoms with Crippen molar-refractivity contribution in [3.05, 3.63) is 65.1 Å². The molecule has 1 spiro atoms. The average Bonchev–Trinajstić information content (AvgIpc) is 3.35. The van der Waals surface area contributed by atoms with E-state index < -0.39 is 0 Å². The Bertz CT molecular complexity index is 887. The number of piperidine rings is 1. The van der Waals surface area contributed by atoms with Gasteiger partial charge in [-0.2, -0.15) is 0 Å². The van der Waals surface area contributed by atoms with Gasteiger partial charge in [0.2, 0.25) is 0 Å². The van der Waals surface area contributed by atoms with Crippen LogP contribution < -0.4 is 0 Å². The molecule has 146 valence electrons. The maximum absolute atomic E-state index is 13.0. The van der Waals surface area contributed by atoms with Crippen molar-refractivity contribution in [3.63, 3.8) is 0 Å². The lowest BCUT2D eigenvalue weighted by atomic mass is 9.74. The number of likely N-dealkylation sites (tertiary alicyclic amines) is 1. The Hall–Kier alpha value is -2.37. The molecule has 0 radical (unpaired) electrons. The van der Waals surface area contributed by atoms with Crippen molar-refractivity contribution in [1.82, 2.24) is 9.80 Å². The van der Waals surface area contributed by atoms with Crippen LogP contribution >= 0.6 is 0 Å². The number of morpholine rings is 1. The molecule has 1 aliphatic carbocycles. The molecule has 3 heterocycles. The van der Waals surface area contributed by atoms with Gasteiger partial charge in [-0.3, -0.25) is 9.69 Å². The quantitative estimate of drug-likeness (QED) is 0.822. The lowest BCUT2D eigenvalue weighted by Crippen LogP contribution is -2.43. The topological polar surface area (TPSA) is 45.9 Å². The summed E-state index contributed by atoms with van der Waals surface area (Å²) in [6.45, 7) is 5.64. The summed E-state index contributed by atoms with van der Waals surface area (Å²) in [6.07, 6.45) is 8.15. The molecule has 1 aromatic carbocycles. The van der Waals surface area contributed by atoms with Crippen LogP contribution in [-0.2, 0) is 16.7 Å². The van der Waals surface area contributed by atoms with Crippen LogP contribution in [0.3, 0.4) is 0 Å². The van der Waals surface area contributed by atoms with E-state index in [4.69, 9.17) is 9.15 Å². The molecule has 5 heteroatoms. The Labute approximate surface area is 165 Å². The highest BCUT2D eigenvalue weighted by molar-refractivity contribution is 5.94. The van der Waals surface area contributed by atoms with Gasteiger partial charge >= 0.3 is 0 Å².